The maximum absolute atomic E-state index is 11.3. The maximum atomic E-state index is 11.3. The zero-order valence-electron chi connectivity index (χ0n) is 15.3. The van der Waals surface area contributed by atoms with Crippen molar-refractivity contribution in [2.75, 3.05) is 19.7 Å². The first kappa shape index (κ1) is 18.8. The smallest absolute Gasteiger partial charge is 0.169 e. The highest BCUT2D eigenvalue weighted by Crippen LogP contribution is 2.45. The normalized spacial score (nSPS) is 33.3. The van der Waals surface area contributed by atoms with Crippen LogP contribution in [-0.2, 0) is 14.3 Å². The van der Waals surface area contributed by atoms with Crippen LogP contribution in [0.2, 0.25) is 0 Å². The average Bonchev–Trinajstić information content (AvgIpc) is 2.87. The van der Waals surface area contributed by atoms with Gasteiger partial charge in [-0.2, -0.15) is 0 Å². The van der Waals surface area contributed by atoms with Crippen LogP contribution in [0.5, 0.6) is 0 Å². The molecule has 0 bridgehead atoms. The molecule has 2 atom stereocenters. The van der Waals surface area contributed by atoms with E-state index >= 15 is 0 Å². The molecule has 1 saturated heterocycles. The fraction of sp³-hybridized carbons (Fsp3) is 0.944. The van der Waals surface area contributed by atoms with E-state index in [9.17, 15) is 9.90 Å². The Morgan fingerprint density at radius 3 is 2.43 bits per heavy atom. The van der Waals surface area contributed by atoms with Crippen LogP contribution in [0.15, 0.2) is 0 Å². The minimum atomic E-state index is -0.788. The Kier molecular flexibility index (Phi) is 5.88. The first-order valence-corrected chi connectivity index (χ1v) is 8.90. The number of nitrogens with zero attached hydrogens (tertiary/aromatic N) is 1. The van der Waals surface area contributed by atoms with Crippen LogP contribution in [0, 0.1) is 11.3 Å². The number of Topliss-reactive ketones (excluding diaryl/α,β-unsaturated/α-hetero) is 1. The summed E-state index contributed by atoms with van der Waals surface area (Å²) in [4.78, 5) is 13.1. The van der Waals surface area contributed by atoms with Crippen molar-refractivity contribution in [3.63, 3.8) is 0 Å². The Balaban J connectivity index is 1.92. The molecule has 0 amide bonds. The summed E-state index contributed by atoms with van der Waals surface area (Å²) in [6.07, 6.45) is 2.80. The number of carbonyl (C=O) groups excluding carboxylic acids is 1. The predicted molar refractivity (Wildman–Crippen MR) is 88.9 cm³/mol. The van der Waals surface area contributed by atoms with E-state index in [4.69, 9.17) is 9.47 Å². The van der Waals surface area contributed by atoms with Gasteiger partial charge in [-0.3, -0.25) is 9.69 Å². The van der Waals surface area contributed by atoms with E-state index in [1.807, 2.05) is 6.92 Å². The van der Waals surface area contributed by atoms with E-state index in [1.165, 1.54) is 6.92 Å². The molecule has 134 valence electrons. The highest BCUT2D eigenvalue weighted by molar-refractivity contribution is 5.77. The molecular formula is C18H33NO4. The van der Waals surface area contributed by atoms with Gasteiger partial charge in [0.15, 0.2) is 5.79 Å². The van der Waals surface area contributed by atoms with Crippen molar-refractivity contribution in [2.45, 2.75) is 78.4 Å². The summed E-state index contributed by atoms with van der Waals surface area (Å²) < 4.78 is 12.1. The summed E-state index contributed by atoms with van der Waals surface area (Å²) >= 11 is 0. The van der Waals surface area contributed by atoms with Gasteiger partial charge in [0.25, 0.3) is 0 Å². The van der Waals surface area contributed by atoms with Crippen molar-refractivity contribution in [1.82, 2.24) is 4.90 Å². The standard InChI is InChI=1S/C18H33NO4/c1-6-19(11-13(2)20)16(21)15-12-22-18(23-15)9-7-14(8-10-18)17(3,4)5/h14-16,21H,6-12H2,1-5H3. The van der Waals surface area contributed by atoms with Gasteiger partial charge in [0, 0.05) is 12.8 Å². The van der Waals surface area contributed by atoms with E-state index < -0.39 is 12.0 Å². The van der Waals surface area contributed by atoms with E-state index in [0.29, 0.717) is 24.5 Å². The van der Waals surface area contributed by atoms with Gasteiger partial charge in [0.2, 0.25) is 0 Å². The van der Waals surface area contributed by atoms with Gasteiger partial charge < -0.3 is 14.6 Å². The summed E-state index contributed by atoms with van der Waals surface area (Å²) in [5.74, 6) is 0.211. The van der Waals surface area contributed by atoms with Crippen LogP contribution in [0.3, 0.4) is 0 Å². The Hall–Kier alpha value is -0.490. The number of aliphatic hydroxyl groups is 1. The zero-order chi connectivity index (χ0) is 17.3. The second-order valence-electron chi connectivity index (χ2n) is 8.20. The maximum Gasteiger partial charge on any atom is 0.169 e. The first-order chi connectivity index (χ1) is 10.7. The second-order valence-corrected chi connectivity index (χ2v) is 8.20. The van der Waals surface area contributed by atoms with Gasteiger partial charge in [0.05, 0.1) is 13.2 Å². The Bertz CT molecular complexity index is 410. The molecule has 5 nitrogen and oxygen atoms in total. The molecule has 1 saturated carbocycles. The highest BCUT2D eigenvalue weighted by atomic mass is 16.7. The van der Waals surface area contributed by atoms with Crippen LogP contribution in [-0.4, -0.2) is 53.6 Å². The summed E-state index contributed by atoms with van der Waals surface area (Å²) in [6.45, 7) is 11.6. The van der Waals surface area contributed by atoms with Crippen LogP contribution >= 0.6 is 0 Å². The number of ketones is 1. The molecule has 2 fully saturated rings. The Morgan fingerprint density at radius 1 is 1.35 bits per heavy atom. The highest BCUT2D eigenvalue weighted by Gasteiger charge is 2.48. The minimum absolute atomic E-state index is 0.0465. The lowest BCUT2D eigenvalue weighted by atomic mass is 9.71. The SMILES string of the molecule is CCN(CC(C)=O)C(O)C1COC2(CCC(C(C)(C)C)CC2)O1. The van der Waals surface area contributed by atoms with Crippen molar-refractivity contribution in [3.05, 3.63) is 0 Å². The molecule has 1 N–H and O–H groups in total. The third-order valence-electron chi connectivity index (χ3n) is 5.39. The lowest BCUT2D eigenvalue weighted by Crippen LogP contribution is -2.47. The van der Waals surface area contributed by atoms with Gasteiger partial charge in [0.1, 0.15) is 18.1 Å². The van der Waals surface area contributed by atoms with E-state index in [2.05, 4.69) is 20.8 Å². The van der Waals surface area contributed by atoms with Gasteiger partial charge in [-0.15, -0.1) is 0 Å². The Labute approximate surface area is 140 Å². The number of hydrogen-bond acceptors (Lipinski definition) is 5. The average molecular weight is 327 g/mol. The molecule has 1 aliphatic carbocycles. The monoisotopic (exact) mass is 327 g/mol. The van der Waals surface area contributed by atoms with E-state index in [0.717, 1.165) is 25.7 Å². The van der Waals surface area contributed by atoms with Crippen molar-refractivity contribution < 1.29 is 19.4 Å². The van der Waals surface area contributed by atoms with Crippen LogP contribution in [0.1, 0.15) is 60.3 Å². The second kappa shape index (κ2) is 7.18. The largest absolute Gasteiger partial charge is 0.375 e. The molecule has 0 aromatic heterocycles. The molecular weight excluding hydrogens is 294 g/mol. The lowest BCUT2D eigenvalue weighted by molar-refractivity contribution is -0.213. The van der Waals surface area contributed by atoms with Gasteiger partial charge in [-0.05, 0) is 37.6 Å². The van der Waals surface area contributed by atoms with Crippen LogP contribution in [0.4, 0.5) is 0 Å². The third-order valence-corrected chi connectivity index (χ3v) is 5.39. The minimum Gasteiger partial charge on any atom is -0.375 e. The van der Waals surface area contributed by atoms with E-state index in [-0.39, 0.29) is 18.4 Å². The number of hydrogen-bond donors (Lipinski definition) is 1. The molecule has 2 rings (SSSR count). The predicted octanol–water partition coefficient (Wildman–Crippen LogP) is 2.56. The topological polar surface area (TPSA) is 59.0 Å². The summed E-state index contributed by atoms with van der Waals surface area (Å²) in [6, 6.07) is 0. The fourth-order valence-electron chi connectivity index (χ4n) is 3.82. The molecule has 0 aromatic carbocycles. The molecule has 0 aromatic rings. The molecule has 1 heterocycles. The van der Waals surface area contributed by atoms with Gasteiger partial charge in [-0.1, -0.05) is 27.7 Å². The molecule has 0 radical (unpaired) electrons. The van der Waals surface area contributed by atoms with Gasteiger partial charge >= 0.3 is 0 Å². The van der Waals surface area contributed by atoms with Crippen LogP contribution < -0.4 is 0 Å². The number of carbonyl (C=O) groups is 1. The van der Waals surface area contributed by atoms with Crippen molar-refractivity contribution in [1.29, 1.82) is 0 Å². The van der Waals surface area contributed by atoms with Crippen molar-refractivity contribution in [3.8, 4) is 0 Å². The van der Waals surface area contributed by atoms with Crippen molar-refractivity contribution in [2.24, 2.45) is 11.3 Å². The third kappa shape index (κ3) is 4.53. The quantitative estimate of drug-likeness (QED) is 0.787. The molecule has 2 aliphatic rings. The Morgan fingerprint density at radius 2 is 1.96 bits per heavy atom. The number of aliphatic hydroxyl groups excluding tert-OH is 1. The fourth-order valence-corrected chi connectivity index (χ4v) is 3.82. The van der Waals surface area contributed by atoms with Crippen molar-refractivity contribution >= 4 is 5.78 Å². The molecule has 5 heteroatoms. The van der Waals surface area contributed by atoms with Gasteiger partial charge in [-0.25, -0.2) is 0 Å². The molecule has 23 heavy (non-hydrogen) atoms. The number of rotatable bonds is 5. The van der Waals surface area contributed by atoms with Crippen LogP contribution in [0.25, 0.3) is 0 Å². The summed E-state index contributed by atoms with van der Waals surface area (Å²) in [7, 11) is 0. The molecule has 2 unspecified atom stereocenters. The molecule has 1 spiro atoms. The van der Waals surface area contributed by atoms with E-state index in [1.54, 1.807) is 4.90 Å². The summed E-state index contributed by atoms with van der Waals surface area (Å²) in [5.41, 5.74) is 0.319. The number of ether oxygens (including phenoxy) is 2. The lowest BCUT2D eigenvalue weighted by Gasteiger charge is -2.41. The zero-order valence-corrected chi connectivity index (χ0v) is 15.3. The number of likely N-dealkylation sites (N-methyl/N-ethyl adjacent to an activating group) is 1. The first-order valence-electron chi connectivity index (χ1n) is 8.90. The molecule has 1 aliphatic heterocycles. The summed E-state index contributed by atoms with van der Waals surface area (Å²) in [5, 5.41) is 10.5.